The molecule has 1 saturated heterocycles. The summed E-state index contributed by atoms with van der Waals surface area (Å²) in [5.41, 5.74) is 0. The predicted octanol–water partition coefficient (Wildman–Crippen LogP) is 2.79. The number of pyridine rings is 1. The van der Waals surface area contributed by atoms with Crippen molar-refractivity contribution in [3.8, 4) is 5.75 Å². The molecule has 0 radical (unpaired) electrons. The Kier molecular flexibility index (Phi) is 5.03. The zero-order valence-electron chi connectivity index (χ0n) is 11.5. The lowest BCUT2D eigenvalue weighted by Gasteiger charge is -2.32. The molecule has 0 N–H and O–H groups in total. The molecule has 1 fully saturated rings. The second-order valence-electron chi connectivity index (χ2n) is 5.00. The topological polar surface area (TPSA) is 42.4 Å². The van der Waals surface area contributed by atoms with Gasteiger partial charge in [-0.1, -0.05) is 0 Å². The van der Waals surface area contributed by atoms with Gasteiger partial charge in [0.1, 0.15) is 11.9 Å². The van der Waals surface area contributed by atoms with Gasteiger partial charge in [0.2, 0.25) is 5.91 Å². The number of amides is 1. The first-order valence-electron chi connectivity index (χ1n) is 6.85. The number of carbonyl (C=O) groups is 1. The quantitative estimate of drug-likeness (QED) is 0.859. The van der Waals surface area contributed by atoms with Crippen molar-refractivity contribution in [3.05, 3.63) is 24.5 Å². The molecule has 1 amide bonds. The molecule has 7 heteroatoms. The summed E-state index contributed by atoms with van der Waals surface area (Å²) < 4.78 is 42.0. The average Bonchev–Trinajstić information content (AvgIpc) is 2.46. The fraction of sp³-hybridized carbons (Fsp3) is 0.571. The molecule has 0 aromatic carbocycles. The second-order valence-corrected chi connectivity index (χ2v) is 5.00. The van der Waals surface area contributed by atoms with Crippen LogP contribution in [0, 0.1) is 0 Å². The normalized spacial score (nSPS) is 16.8. The lowest BCUT2D eigenvalue weighted by Crippen LogP contribution is -2.42. The molecule has 0 bridgehead atoms. The van der Waals surface area contributed by atoms with Gasteiger partial charge in [-0.05, 0) is 12.1 Å². The van der Waals surface area contributed by atoms with Crippen LogP contribution in [0.1, 0.15) is 25.7 Å². The molecule has 21 heavy (non-hydrogen) atoms. The first-order chi connectivity index (χ1) is 9.94. The van der Waals surface area contributed by atoms with Crippen molar-refractivity contribution in [1.29, 1.82) is 0 Å². The van der Waals surface area contributed by atoms with E-state index < -0.39 is 24.9 Å². The highest BCUT2D eigenvalue weighted by atomic mass is 19.4. The summed E-state index contributed by atoms with van der Waals surface area (Å²) >= 11 is 0. The molecule has 1 aromatic rings. The van der Waals surface area contributed by atoms with E-state index in [0.29, 0.717) is 31.7 Å². The first-order valence-corrected chi connectivity index (χ1v) is 6.85. The Balaban J connectivity index is 1.74. The Labute approximate surface area is 120 Å². The minimum Gasteiger partial charge on any atom is -0.490 e. The lowest BCUT2D eigenvalue weighted by molar-refractivity contribution is -0.150. The number of hydrogen-bond donors (Lipinski definition) is 0. The fourth-order valence-corrected chi connectivity index (χ4v) is 2.24. The molecule has 0 atom stereocenters. The van der Waals surface area contributed by atoms with Crippen LogP contribution in [-0.2, 0) is 4.79 Å². The van der Waals surface area contributed by atoms with Gasteiger partial charge in [-0.2, -0.15) is 13.2 Å². The molecule has 0 saturated carbocycles. The third-order valence-corrected chi connectivity index (χ3v) is 3.37. The van der Waals surface area contributed by atoms with Crippen LogP contribution in [0.2, 0.25) is 0 Å². The molecule has 116 valence electrons. The van der Waals surface area contributed by atoms with E-state index in [1.54, 1.807) is 24.5 Å². The Morgan fingerprint density at radius 1 is 1.29 bits per heavy atom. The van der Waals surface area contributed by atoms with E-state index in [4.69, 9.17) is 4.74 Å². The van der Waals surface area contributed by atoms with Crippen molar-refractivity contribution in [2.45, 2.75) is 38.0 Å². The first kappa shape index (κ1) is 15.6. The highest BCUT2D eigenvalue weighted by Gasteiger charge is 2.30. The summed E-state index contributed by atoms with van der Waals surface area (Å²) in [7, 11) is 0. The van der Waals surface area contributed by atoms with E-state index >= 15 is 0 Å². The summed E-state index contributed by atoms with van der Waals surface area (Å²) in [4.78, 5) is 17.1. The Hall–Kier alpha value is -1.79. The van der Waals surface area contributed by atoms with Gasteiger partial charge in [-0.3, -0.25) is 9.78 Å². The van der Waals surface area contributed by atoms with E-state index in [-0.39, 0.29) is 6.10 Å². The summed E-state index contributed by atoms with van der Waals surface area (Å²) in [5, 5.41) is 0. The van der Waals surface area contributed by atoms with E-state index in [1.807, 2.05) is 0 Å². The molecule has 1 aliphatic heterocycles. The van der Waals surface area contributed by atoms with Crippen LogP contribution in [0.25, 0.3) is 0 Å². The zero-order chi connectivity index (χ0) is 15.3. The van der Waals surface area contributed by atoms with E-state index in [9.17, 15) is 18.0 Å². The molecule has 0 spiro atoms. The molecule has 1 aromatic heterocycles. The highest BCUT2D eigenvalue weighted by molar-refractivity contribution is 5.76. The maximum atomic E-state index is 12.1. The monoisotopic (exact) mass is 302 g/mol. The van der Waals surface area contributed by atoms with Crippen molar-refractivity contribution in [1.82, 2.24) is 9.88 Å². The number of piperidine rings is 1. The lowest BCUT2D eigenvalue weighted by atomic mass is 10.1. The van der Waals surface area contributed by atoms with Crippen molar-refractivity contribution in [2.24, 2.45) is 0 Å². The van der Waals surface area contributed by atoms with Crippen LogP contribution in [0.5, 0.6) is 5.75 Å². The van der Waals surface area contributed by atoms with Gasteiger partial charge < -0.3 is 9.64 Å². The third-order valence-electron chi connectivity index (χ3n) is 3.37. The SMILES string of the molecule is O=C(CCC(F)(F)F)N1CCC(Oc2ccncc2)CC1. The molecule has 2 heterocycles. The number of ether oxygens (including phenoxy) is 1. The van der Waals surface area contributed by atoms with Crippen LogP contribution in [0.3, 0.4) is 0 Å². The molecule has 0 aliphatic carbocycles. The van der Waals surface area contributed by atoms with Crippen molar-refractivity contribution in [2.75, 3.05) is 13.1 Å². The van der Waals surface area contributed by atoms with Crippen LogP contribution >= 0.6 is 0 Å². The summed E-state index contributed by atoms with van der Waals surface area (Å²) in [6.07, 6.45) is -1.31. The molecule has 2 rings (SSSR count). The van der Waals surface area contributed by atoms with Crippen molar-refractivity contribution >= 4 is 5.91 Å². The van der Waals surface area contributed by atoms with Gasteiger partial charge in [0.25, 0.3) is 0 Å². The van der Waals surface area contributed by atoms with Gasteiger partial charge in [0, 0.05) is 44.7 Å². The molecule has 0 unspecified atom stereocenters. The van der Waals surface area contributed by atoms with Gasteiger partial charge in [-0.15, -0.1) is 0 Å². The maximum absolute atomic E-state index is 12.1. The van der Waals surface area contributed by atoms with Crippen LogP contribution in [0.4, 0.5) is 13.2 Å². The Morgan fingerprint density at radius 2 is 1.90 bits per heavy atom. The van der Waals surface area contributed by atoms with Crippen molar-refractivity contribution in [3.63, 3.8) is 0 Å². The number of carbonyl (C=O) groups excluding carboxylic acids is 1. The molecular weight excluding hydrogens is 285 g/mol. The minimum atomic E-state index is -4.28. The standard InChI is InChI=1S/C14H17F3N2O2/c15-14(16,17)6-1-13(20)19-9-4-12(5-10-19)21-11-2-7-18-8-3-11/h2-3,7-8,12H,1,4-6,9-10H2. The number of likely N-dealkylation sites (tertiary alicyclic amines) is 1. The Morgan fingerprint density at radius 3 is 2.48 bits per heavy atom. The number of alkyl halides is 3. The van der Waals surface area contributed by atoms with Crippen LogP contribution in [0.15, 0.2) is 24.5 Å². The highest BCUT2D eigenvalue weighted by Crippen LogP contribution is 2.23. The average molecular weight is 302 g/mol. The number of aromatic nitrogens is 1. The van der Waals surface area contributed by atoms with Gasteiger partial charge in [-0.25, -0.2) is 0 Å². The second kappa shape index (κ2) is 6.78. The molecule has 1 aliphatic rings. The smallest absolute Gasteiger partial charge is 0.389 e. The number of rotatable bonds is 4. The van der Waals surface area contributed by atoms with Crippen LogP contribution in [-0.4, -0.2) is 41.2 Å². The van der Waals surface area contributed by atoms with E-state index in [1.165, 1.54) is 4.90 Å². The fourth-order valence-electron chi connectivity index (χ4n) is 2.24. The summed E-state index contributed by atoms with van der Waals surface area (Å²) in [6.45, 7) is 0.874. The van der Waals surface area contributed by atoms with E-state index in [0.717, 1.165) is 0 Å². The predicted molar refractivity (Wildman–Crippen MR) is 69.8 cm³/mol. The van der Waals surface area contributed by atoms with Crippen molar-refractivity contribution < 1.29 is 22.7 Å². The summed E-state index contributed by atoms with van der Waals surface area (Å²) in [6, 6.07) is 3.50. The number of nitrogens with zero attached hydrogens (tertiary/aromatic N) is 2. The van der Waals surface area contributed by atoms with Gasteiger partial charge in [0.15, 0.2) is 0 Å². The molecular formula is C14H17F3N2O2. The third kappa shape index (κ3) is 5.24. The van der Waals surface area contributed by atoms with E-state index in [2.05, 4.69) is 4.98 Å². The van der Waals surface area contributed by atoms with Crippen LogP contribution < -0.4 is 4.74 Å². The van der Waals surface area contributed by atoms with Gasteiger partial charge in [0.05, 0.1) is 6.42 Å². The number of hydrogen-bond acceptors (Lipinski definition) is 3. The minimum absolute atomic E-state index is 0.0148. The number of halogens is 3. The molecule has 4 nitrogen and oxygen atoms in total. The summed E-state index contributed by atoms with van der Waals surface area (Å²) in [5.74, 6) is 0.279. The largest absolute Gasteiger partial charge is 0.490 e. The maximum Gasteiger partial charge on any atom is 0.389 e. The zero-order valence-corrected chi connectivity index (χ0v) is 11.5. The van der Waals surface area contributed by atoms with Gasteiger partial charge >= 0.3 is 6.18 Å². The Bertz CT molecular complexity index is 457.